The Labute approximate surface area is 265 Å². The summed E-state index contributed by atoms with van der Waals surface area (Å²) in [7, 11) is 0. The normalized spacial score (nSPS) is 12.5. The van der Waals surface area contributed by atoms with E-state index in [0.29, 0.717) is 5.96 Å². The van der Waals surface area contributed by atoms with Gasteiger partial charge in [0, 0.05) is 42.9 Å². The summed E-state index contributed by atoms with van der Waals surface area (Å²) >= 11 is 1.85. The molecule has 0 aliphatic heterocycles. The van der Waals surface area contributed by atoms with Gasteiger partial charge < -0.3 is 0 Å². The van der Waals surface area contributed by atoms with Gasteiger partial charge in [-0.25, -0.2) is 9.98 Å². The maximum absolute atomic E-state index is 5.17. The van der Waals surface area contributed by atoms with Crippen LogP contribution in [-0.4, -0.2) is 16.2 Å². The maximum atomic E-state index is 5.17. The second-order valence-corrected chi connectivity index (χ2v) is 12.2. The predicted molar refractivity (Wildman–Crippen MR) is 195 cm³/mol. The summed E-state index contributed by atoms with van der Waals surface area (Å²) < 4.78 is 4.77. The number of nitrogens with zero attached hydrogens (tertiary/aromatic N) is 3. The van der Waals surface area contributed by atoms with Gasteiger partial charge in [0.2, 0.25) is 5.96 Å². The van der Waals surface area contributed by atoms with Crippen molar-refractivity contribution in [1.82, 2.24) is 4.57 Å². The van der Waals surface area contributed by atoms with Gasteiger partial charge in [0.1, 0.15) is 0 Å². The smallest absolute Gasteiger partial charge is 0.234 e. The molecule has 0 N–H and O–H groups in total. The predicted octanol–water partition coefficient (Wildman–Crippen LogP) is 11.4. The van der Waals surface area contributed by atoms with Crippen LogP contribution in [0.4, 0.5) is 0 Å². The van der Waals surface area contributed by atoms with E-state index in [1.807, 2.05) is 17.4 Å². The summed E-state index contributed by atoms with van der Waals surface area (Å²) in [6.45, 7) is 6.00. The van der Waals surface area contributed by atoms with E-state index < -0.39 is 0 Å². The Balaban J connectivity index is 1.26. The van der Waals surface area contributed by atoms with Crippen LogP contribution in [0.1, 0.15) is 12.5 Å². The standard InChI is InChI=1S/C41H29N3S/c1-3-42-41(44-37-21-9-7-17-33(37)34-24-23-30(26-38(34)44)28-13-5-4-6-14-28)43-27(2)29-15-11-16-31(25-29)32-19-12-20-36-35-18-8-10-22-39(35)45-40(32)36/h3-26H,1H2,2H3. The van der Waals surface area contributed by atoms with Crippen molar-refractivity contribution in [2.24, 2.45) is 9.98 Å². The van der Waals surface area contributed by atoms with Gasteiger partial charge in [-0.2, -0.15) is 0 Å². The molecule has 3 nitrogen and oxygen atoms in total. The van der Waals surface area contributed by atoms with Crippen molar-refractivity contribution < 1.29 is 0 Å². The van der Waals surface area contributed by atoms with Crippen LogP contribution in [-0.2, 0) is 0 Å². The maximum Gasteiger partial charge on any atom is 0.234 e. The van der Waals surface area contributed by atoms with Crippen LogP contribution >= 0.6 is 11.3 Å². The molecule has 8 rings (SSSR count). The molecule has 6 aromatic carbocycles. The number of thiophene rings is 1. The number of fused-ring (bicyclic) bond motifs is 6. The van der Waals surface area contributed by atoms with Crippen LogP contribution in [0.2, 0.25) is 0 Å². The van der Waals surface area contributed by atoms with Crippen molar-refractivity contribution in [2.75, 3.05) is 0 Å². The Morgan fingerprint density at radius 2 is 1.33 bits per heavy atom. The highest BCUT2D eigenvalue weighted by Gasteiger charge is 2.16. The lowest BCUT2D eigenvalue weighted by Crippen LogP contribution is -2.12. The average Bonchev–Trinajstić information content (AvgIpc) is 3.64. The summed E-state index contributed by atoms with van der Waals surface area (Å²) in [4.78, 5) is 9.91. The number of rotatable bonds is 4. The Morgan fingerprint density at radius 3 is 2.20 bits per heavy atom. The van der Waals surface area contributed by atoms with Crippen LogP contribution < -0.4 is 0 Å². The number of benzene rings is 6. The Kier molecular flexibility index (Phi) is 6.70. The van der Waals surface area contributed by atoms with Crippen molar-refractivity contribution in [3.8, 4) is 22.3 Å². The summed E-state index contributed by atoms with van der Waals surface area (Å²) in [5, 5.41) is 4.93. The van der Waals surface area contributed by atoms with Crippen LogP contribution in [0.3, 0.4) is 0 Å². The van der Waals surface area contributed by atoms with Crippen LogP contribution in [0.25, 0.3) is 64.2 Å². The molecule has 4 heteroatoms. The van der Waals surface area contributed by atoms with Crippen molar-refractivity contribution in [2.45, 2.75) is 6.92 Å². The topological polar surface area (TPSA) is 29.6 Å². The summed E-state index contributed by atoms with van der Waals surface area (Å²) in [5.41, 5.74) is 8.77. The number of aliphatic imine (C=N–C) groups is 2. The molecule has 214 valence electrons. The Bertz CT molecular complexity index is 2460. The first-order valence-electron chi connectivity index (χ1n) is 15.0. The molecule has 2 aromatic heterocycles. The van der Waals surface area contributed by atoms with Gasteiger partial charge in [-0.3, -0.25) is 4.57 Å². The minimum atomic E-state index is 0.580. The van der Waals surface area contributed by atoms with Gasteiger partial charge in [0.25, 0.3) is 0 Å². The molecule has 0 unspecified atom stereocenters. The third kappa shape index (κ3) is 4.67. The lowest BCUT2D eigenvalue weighted by molar-refractivity contribution is 1.21. The molecule has 0 aliphatic carbocycles. The molecule has 0 saturated carbocycles. The van der Waals surface area contributed by atoms with Gasteiger partial charge in [-0.15, -0.1) is 11.3 Å². The zero-order valence-corrected chi connectivity index (χ0v) is 25.6. The van der Waals surface area contributed by atoms with Crippen molar-refractivity contribution in [3.63, 3.8) is 0 Å². The molecule has 0 bridgehead atoms. The van der Waals surface area contributed by atoms with Gasteiger partial charge in [0.15, 0.2) is 0 Å². The van der Waals surface area contributed by atoms with Crippen LogP contribution in [0.5, 0.6) is 0 Å². The van der Waals surface area contributed by atoms with Crippen molar-refractivity contribution in [1.29, 1.82) is 0 Å². The fourth-order valence-corrected chi connectivity index (χ4v) is 7.55. The third-order valence-electron chi connectivity index (χ3n) is 8.45. The van der Waals surface area contributed by atoms with Crippen molar-refractivity contribution >= 4 is 65.0 Å². The molecule has 45 heavy (non-hydrogen) atoms. The first-order chi connectivity index (χ1) is 22.2. The second kappa shape index (κ2) is 11.2. The molecule has 0 fully saturated rings. The fraction of sp³-hybridized carbons (Fsp3) is 0.0244. The van der Waals surface area contributed by atoms with Gasteiger partial charge in [-0.05, 0) is 59.0 Å². The molecule has 0 aliphatic rings. The molecular weight excluding hydrogens is 567 g/mol. The summed E-state index contributed by atoms with van der Waals surface area (Å²) in [6.07, 6.45) is 1.58. The quantitative estimate of drug-likeness (QED) is 0.143. The minimum absolute atomic E-state index is 0.580. The fourth-order valence-electron chi connectivity index (χ4n) is 6.32. The molecule has 0 spiro atoms. The third-order valence-corrected chi connectivity index (χ3v) is 9.67. The lowest BCUT2D eigenvalue weighted by atomic mass is 9.99. The summed E-state index contributed by atoms with van der Waals surface area (Å²) in [6, 6.07) is 49.5. The number of aromatic nitrogens is 1. The molecule has 2 heterocycles. The van der Waals surface area contributed by atoms with E-state index in [4.69, 9.17) is 9.98 Å². The zero-order chi connectivity index (χ0) is 30.3. The molecule has 0 saturated heterocycles. The molecule has 0 amide bonds. The van der Waals surface area contributed by atoms with Gasteiger partial charge in [-0.1, -0.05) is 122 Å². The van der Waals surface area contributed by atoms with Gasteiger partial charge >= 0.3 is 0 Å². The highest BCUT2D eigenvalue weighted by atomic mass is 32.1. The van der Waals surface area contributed by atoms with E-state index in [-0.39, 0.29) is 0 Å². The highest BCUT2D eigenvalue weighted by Crippen LogP contribution is 2.40. The average molecular weight is 596 g/mol. The number of hydrogen-bond acceptors (Lipinski definition) is 2. The van der Waals surface area contributed by atoms with Gasteiger partial charge in [0.05, 0.1) is 11.0 Å². The molecular formula is C41H29N3S. The van der Waals surface area contributed by atoms with Crippen LogP contribution in [0.15, 0.2) is 162 Å². The van der Waals surface area contributed by atoms with Crippen molar-refractivity contribution in [3.05, 3.63) is 158 Å². The first-order valence-corrected chi connectivity index (χ1v) is 15.9. The number of para-hydroxylation sites is 1. The van der Waals surface area contributed by atoms with Crippen LogP contribution in [0, 0.1) is 0 Å². The lowest BCUT2D eigenvalue weighted by Gasteiger charge is -2.11. The zero-order valence-electron chi connectivity index (χ0n) is 24.8. The number of hydrogen-bond donors (Lipinski definition) is 0. The SMILES string of the molecule is C=CN=C(N=C(C)c1cccc(-c2cccc3c2sc2ccccc23)c1)n1c2ccccc2c2ccc(-c3ccccc3)cc21. The Hall–Kier alpha value is -5.58. The monoisotopic (exact) mass is 595 g/mol. The van der Waals surface area contributed by atoms with E-state index in [1.54, 1.807) is 6.20 Å². The largest absolute Gasteiger partial charge is 0.278 e. The van der Waals surface area contributed by atoms with E-state index in [2.05, 4.69) is 152 Å². The summed E-state index contributed by atoms with van der Waals surface area (Å²) in [5.74, 6) is 0.580. The molecule has 0 radical (unpaired) electrons. The first kappa shape index (κ1) is 27.0. The molecule has 8 aromatic rings. The second-order valence-electron chi connectivity index (χ2n) is 11.1. The Morgan fingerprint density at radius 1 is 0.622 bits per heavy atom. The van der Waals surface area contributed by atoms with E-state index >= 15 is 0 Å². The van der Waals surface area contributed by atoms with E-state index in [0.717, 1.165) is 38.6 Å². The molecule has 0 atom stereocenters. The van der Waals surface area contributed by atoms with E-state index in [1.165, 1.54) is 36.9 Å². The highest BCUT2D eigenvalue weighted by molar-refractivity contribution is 7.26. The van der Waals surface area contributed by atoms with E-state index in [9.17, 15) is 0 Å². The minimum Gasteiger partial charge on any atom is -0.278 e.